The van der Waals surface area contributed by atoms with E-state index >= 15 is 0 Å². The van der Waals surface area contributed by atoms with Gasteiger partial charge in [0.05, 0.1) is 11.0 Å². The van der Waals surface area contributed by atoms with Crippen molar-refractivity contribution < 1.29 is 14.6 Å². The molecule has 0 heterocycles. The maximum Gasteiger partial charge on any atom is 0.312 e. The lowest BCUT2D eigenvalue weighted by Crippen LogP contribution is -2.61. The Bertz CT molecular complexity index is 538. The van der Waals surface area contributed by atoms with Crippen LogP contribution >= 0.6 is 0 Å². The van der Waals surface area contributed by atoms with Crippen molar-refractivity contribution in [3.05, 3.63) is 0 Å². The number of hydrogen-bond donors (Lipinski definition) is 1. The third-order valence-corrected chi connectivity index (χ3v) is 8.57. The van der Waals surface area contributed by atoms with E-state index in [4.69, 9.17) is 4.74 Å². The van der Waals surface area contributed by atoms with E-state index in [2.05, 4.69) is 41.5 Å². The van der Waals surface area contributed by atoms with Crippen LogP contribution in [-0.4, -0.2) is 22.3 Å². The van der Waals surface area contributed by atoms with Gasteiger partial charge in [-0.25, -0.2) is 0 Å². The van der Waals surface area contributed by atoms with Crippen LogP contribution in [0, 0.1) is 28.6 Å². The number of esters is 1. The second-order valence-electron chi connectivity index (χ2n) is 11.0. The molecule has 26 heavy (non-hydrogen) atoms. The first-order chi connectivity index (χ1) is 12.0. The summed E-state index contributed by atoms with van der Waals surface area (Å²) < 4.78 is 6.42. The zero-order valence-corrected chi connectivity index (χ0v) is 17.9. The molecule has 0 aromatic heterocycles. The molecule has 4 rings (SSSR count). The van der Waals surface area contributed by atoms with Crippen molar-refractivity contribution in [3.8, 4) is 0 Å². The Morgan fingerprint density at radius 2 is 1.73 bits per heavy atom. The van der Waals surface area contributed by atoms with Gasteiger partial charge in [-0.15, -0.1) is 0 Å². The quantitative estimate of drug-likeness (QED) is 0.607. The molecular weight excluding hydrogens is 324 g/mol. The topological polar surface area (TPSA) is 46.5 Å². The van der Waals surface area contributed by atoms with E-state index in [0.717, 1.165) is 44.9 Å². The van der Waals surface area contributed by atoms with Gasteiger partial charge >= 0.3 is 5.97 Å². The van der Waals surface area contributed by atoms with Crippen molar-refractivity contribution in [1.29, 1.82) is 0 Å². The molecule has 3 heteroatoms. The van der Waals surface area contributed by atoms with Crippen LogP contribution in [0.15, 0.2) is 0 Å². The Hall–Kier alpha value is -0.570. The van der Waals surface area contributed by atoms with Crippen molar-refractivity contribution in [3.63, 3.8) is 0 Å². The molecule has 3 nitrogen and oxygen atoms in total. The Morgan fingerprint density at radius 3 is 2.19 bits per heavy atom. The largest absolute Gasteiger partial charge is 0.459 e. The van der Waals surface area contributed by atoms with E-state index in [0.29, 0.717) is 24.2 Å². The van der Waals surface area contributed by atoms with E-state index in [9.17, 15) is 9.90 Å². The molecule has 0 saturated heterocycles. The van der Waals surface area contributed by atoms with E-state index < -0.39 is 16.6 Å². The fourth-order valence-corrected chi connectivity index (χ4v) is 6.43. The summed E-state index contributed by atoms with van der Waals surface area (Å²) in [6.07, 6.45) is 8.52. The maximum absolute atomic E-state index is 13.6. The fourth-order valence-electron chi connectivity index (χ4n) is 6.43. The third kappa shape index (κ3) is 3.34. The monoisotopic (exact) mass is 364 g/mol. The molecule has 0 aromatic rings. The summed E-state index contributed by atoms with van der Waals surface area (Å²) in [5, 5.41) is 11.0. The average Bonchev–Trinajstić information content (AvgIpc) is 2.51. The molecule has 4 saturated carbocycles. The van der Waals surface area contributed by atoms with Crippen LogP contribution in [-0.2, 0) is 9.53 Å². The Morgan fingerprint density at radius 1 is 1.15 bits per heavy atom. The van der Waals surface area contributed by atoms with Gasteiger partial charge in [0.15, 0.2) is 0 Å². The predicted octanol–water partition coefficient (Wildman–Crippen LogP) is 5.49. The highest BCUT2D eigenvalue weighted by Gasteiger charge is 2.60. The number of rotatable bonds is 7. The number of carbonyl (C=O) groups is 1. The highest BCUT2D eigenvalue weighted by atomic mass is 16.6. The number of hydrogen-bond acceptors (Lipinski definition) is 3. The minimum Gasteiger partial charge on any atom is -0.459 e. The van der Waals surface area contributed by atoms with E-state index in [1.165, 1.54) is 6.42 Å². The predicted molar refractivity (Wildman–Crippen MR) is 105 cm³/mol. The zero-order chi connectivity index (χ0) is 19.4. The Labute approximate surface area is 160 Å². The number of ether oxygens (including phenoxy) is 1. The summed E-state index contributed by atoms with van der Waals surface area (Å²) in [6, 6.07) is 0. The standard InChI is InChI=1S/C23H40O3/c1-7-16(3)10-21(6,20(4,5)8-2)19(24)26-23-13-17-9-18(14-23)12-22(25,11-17)15-23/h16-18,25H,7-15H2,1-6H3. The molecule has 0 spiro atoms. The van der Waals surface area contributed by atoms with Gasteiger partial charge in [0.2, 0.25) is 0 Å². The lowest BCUT2D eigenvalue weighted by atomic mass is 9.52. The van der Waals surface area contributed by atoms with Crippen molar-refractivity contribution in [2.24, 2.45) is 28.6 Å². The molecular formula is C23H40O3. The van der Waals surface area contributed by atoms with Gasteiger partial charge < -0.3 is 9.84 Å². The summed E-state index contributed by atoms with van der Waals surface area (Å²) in [4.78, 5) is 13.6. The smallest absolute Gasteiger partial charge is 0.312 e. The number of carbonyl (C=O) groups excluding carboxylic acids is 1. The minimum absolute atomic E-state index is 0.0183. The minimum atomic E-state index is -0.586. The van der Waals surface area contributed by atoms with E-state index in [1.807, 2.05) is 0 Å². The van der Waals surface area contributed by atoms with Crippen LogP contribution in [0.1, 0.15) is 99.3 Å². The van der Waals surface area contributed by atoms with Crippen molar-refractivity contribution in [1.82, 2.24) is 0 Å². The molecule has 4 bridgehead atoms. The molecule has 4 fully saturated rings. The number of aliphatic hydroxyl groups is 1. The summed E-state index contributed by atoms with van der Waals surface area (Å²) in [6.45, 7) is 13.2. The van der Waals surface area contributed by atoms with Gasteiger partial charge in [-0.05, 0) is 75.0 Å². The SMILES string of the molecule is CCC(C)CC(C)(C(=O)OC12CC3CC(CC(O)(C3)C1)C2)C(C)(C)CC. The van der Waals surface area contributed by atoms with Crippen LogP contribution in [0.5, 0.6) is 0 Å². The van der Waals surface area contributed by atoms with Gasteiger partial charge in [0.1, 0.15) is 5.60 Å². The third-order valence-electron chi connectivity index (χ3n) is 8.57. The summed E-state index contributed by atoms with van der Waals surface area (Å²) in [5.41, 5.74) is -1.58. The molecule has 0 radical (unpaired) electrons. The van der Waals surface area contributed by atoms with Crippen molar-refractivity contribution >= 4 is 5.97 Å². The molecule has 0 amide bonds. The highest BCUT2D eigenvalue weighted by molar-refractivity contribution is 5.78. The molecule has 0 aliphatic heterocycles. The molecule has 4 aliphatic rings. The Balaban J connectivity index is 1.84. The second kappa shape index (κ2) is 6.50. The molecule has 4 aliphatic carbocycles. The van der Waals surface area contributed by atoms with Gasteiger partial charge in [0.25, 0.3) is 0 Å². The second-order valence-corrected chi connectivity index (χ2v) is 11.0. The molecule has 4 unspecified atom stereocenters. The van der Waals surface area contributed by atoms with Gasteiger partial charge in [-0.2, -0.15) is 0 Å². The lowest BCUT2D eigenvalue weighted by molar-refractivity contribution is -0.230. The molecule has 1 N–H and O–H groups in total. The fraction of sp³-hybridized carbons (Fsp3) is 0.957. The zero-order valence-electron chi connectivity index (χ0n) is 17.9. The van der Waals surface area contributed by atoms with Gasteiger partial charge in [-0.3, -0.25) is 4.79 Å². The highest BCUT2D eigenvalue weighted by Crippen LogP contribution is 2.60. The average molecular weight is 365 g/mol. The molecule has 4 atom stereocenters. The Kier molecular flexibility index (Phi) is 5.04. The first-order valence-corrected chi connectivity index (χ1v) is 10.9. The molecule has 0 aromatic carbocycles. The summed E-state index contributed by atoms with van der Waals surface area (Å²) in [5.74, 6) is 1.55. The first kappa shape index (κ1) is 20.2. The summed E-state index contributed by atoms with van der Waals surface area (Å²) >= 11 is 0. The van der Waals surface area contributed by atoms with E-state index in [-0.39, 0.29) is 11.4 Å². The van der Waals surface area contributed by atoms with Crippen LogP contribution < -0.4 is 0 Å². The van der Waals surface area contributed by atoms with Crippen LogP contribution in [0.2, 0.25) is 0 Å². The van der Waals surface area contributed by atoms with Gasteiger partial charge in [-0.1, -0.05) is 41.0 Å². The van der Waals surface area contributed by atoms with Crippen LogP contribution in [0.4, 0.5) is 0 Å². The maximum atomic E-state index is 13.6. The van der Waals surface area contributed by atoms with Crippen LogP contribution in [0.3, 0.4) is 0 Å². The molecule has 150 valence electrons. The normalized spacial score (nSPS) is 39.5. The van der Waals surface area contributed by atoms with Crippen molar-refractivity contribution in [2.75, 3.05) is 0 Å². The van der Waals surface area contributed by atoms with E-state index in [1.54, 1.807) is 0 Å². The lowest BCUT2D eigenvalue weighted by Gasteiger charge is -2.60. The first-order valence-electron chi connectivity index (χ1n) is 10.9. The van der Waals surface area contributed by atoms with Crippen molar-refractivity contribution in [2.45, 2.75) is 111 Å². The van der Waals surface area contributed by atoms with Crippen LogP contribution in [0.25, 0.3) is 0 Å². The summed E-state index contributed by atoms with van der Waals surface area (Å²) in [7, 11) is 0. The van der Waals surface area contributed by atoms with Gasteiger partial charge in [0, 0.05) is 6.42 Å².